The molecule has 0 aliphatic carbocycles. The third-order valence-electron chi connectivity index (χ3n) is 5.43. The number of nitrogens with zero attached hydrogens (tertiary/aromatic N) is 2. The Morgan fingerprint density at radius 2 is 1.89 bits per heavy atom. The number of rotatable bonds is 9. The SMILES string of the molecule is OCC(CO)Oc1ccc2c(c1)sc1ncnc(Nc3ccc(OCc4cccc(F)c4)c(Cl)c3)c12. The first kappa shape index (κ1) is 24.2. The van der Waals surface area contributed by atoms with E-state index >= 15 is 0 Å². The van der Waals surface area contributed by atoms with Crippen LogP contribution in [0.1, 0.15) is 5.56 Å². The summed E-state index contributed by atoms with van der Waals surface area (Å²) in [6, 6.07) is 17.1. The highest BCUT2D eigenvalue weighted by Crippen LogP contribution is 2.39. The lowest BCUT2D eigenvalue weighted by atomic mass is 10.2. The number of aromatic nitrogens is 2. The predicted molar refractivity (Wildman–Crippen MR) is 139 cm³/mol. The molecule has 0 spiro atoms. The van der Waals surface area contributed by atoms with Gasteiger partial charge in [-0.05, 0) is 54.1 Å². The second-order valence-corrected chi connectivity index (χ2v) is 9.39. The molecule has 2 aromatic heterocycles. The number of ether oxygens (including phenoxy) is 2. The summed E-state index contributed by atoms with van der Waals surface area (Å²) in [7, 11) is 0. The summed E-state index contributed by atoms with van der Waals surface area (Å²) in [6.45, 7) is -0.365. The van der Waals surface area contributed by atoms with Gasteiger partial charge in [-0.2, -0.15) is 0 Å². The molecule has 0 fully saturated rings. The molecule has 0 aliphatic heterocycles. The van der Waals surface area contributed by atoms with E-state index in [2.05, 4.69) is 15.3 Å². The highest BCUT2D eigenvalue weighted by atomic mass is 35.5. The van der Waals surface area contributed by atoms with E-state index in [1.165, 1.54) is 29.8 Å². The number of thiophene rings is 1. The van der Waals surface area contributed by atoms with E-state index < -0.39 is 6.10 Å². The van der Waals surface area contributed by atoms with Gasteiger partial charge in [-0.3, -0.25) is 0 Å². The summed E-state index contributed by atoms with van der Waals surface area (Å²) in [5.74, 6) is 1.33. The molecule has 36 heavy (non-hydrogen) atoms. The van der Waals surface area contributed by atoms with Crippen molar-refractivity contribution in [2.24, 2.45) is 0 Å². The normalized spacial score (nSPS) is 11.4. The molecule has 5 rings (SSSR count). The Kier molecular flexibility index (Phi) is 7.15. The van der Waals surface area contributed by atoms with Gasteiger partial charge in [0.15, 0.2) is 0 Å². The first-order chi connectivity index (χ1) is 17.5. The quantitative estimate of drug-likeness (QED) is 0.227. The van der Waals surface area contributed by atoms with E-state index in [-0.39, 0.29) is 25.6 Å². The maximum absolute atomic E-state index is 13.4. The van der Waals surface area contributed by atoms with Gasteiger partial charge in [0.05, 0.1) is 23.6 Å². The van der Waals surface area contributed by atoms with E-state index in [0.717, 1.165) is 20.3 Å². The summed E-state index contributed by atoms with van der Waals surface area (Å²) in [6.07, 6.45) is 0.808. The van der Waals surface area contributed by atoms with Crippen molar-refractivity contribution >= 4 is 54.7 Å². The lowest BCUT2D eigenvalue weighted by Gasteiger charge is -2.14. The Morgan fingerprint density at radius 3 is 2.67 bits per heavy atom. The zero-order valence-electron chi connectivity index (χ0n) is 18.8. The number of halogens is 2. The molecule has 2 heterocycles. The van der Waals surface area contributed by atoms with Crippen molar-refractivity contribution in [2.75, 3.05) is 18.5 Å². The van der Waals surface area contributed by atoms with Gasteiger partial charge < -0.3 is 25.0 Å². The molecule has 0 saturated carbocycles. The summed E-state index contributed by atoms with van der Waals surface area (Å²) in [4.78, 5) is 9.64. The van der Waals surface area contributed by atoms with Crippen LogP contribution in [0.2, 0.25) is 5.02 Å². The number of aliphatic hydroxyl groups excluding tert-OH is 2. The fourth-order valence-corrected chi connectivity index (χ4v) is 5.01. The van der Waals surface area contributed by atoms with Crippen LogP contribution in [-0.4, -0.2) is 39.5 Å². The van der Waals surface area contributed by atoms with Crippen LogP contribution >= 0.6 is 22.9 Å². The van der Waals surface area contributed by atoms with E-state index in [1.54, 1.807) is 30.3 Å². The van der Waals surface area contributed by atoms with Crippen molar-refractivity contribution < 1.29 is 24.1 Å². The Hall–Kier alpha value is -3.50. The molecule has 3 aromatic carbocycles. The van der Waals surface area contributed by atoms with Gasteiger partial charge in [0.1, 0.15) is 47.0 Å². The average molecular weight is 526 g/mol. The van der Waals surface area contributed by atoms with Crippen LogP contribution in [0.25, 0.3) is 20.3 Å². The standard InChI is InChI=1S/C26H21ClFN3O4S/c27-21-9-17(4-7-22(21)34-13-15-2-1-3-16(28)8-15)31-25-24-20-6-5-18(35-19(11-32)12-33)10-23(20)36-26(24)30-14-29-25/h1-10,14,19,32-33H,11-13H2,(H,29,30,31). The average Bonchev–Trinajstić information content (AvgIpc) is 3.25. The molecule has 0 radical (unpaired) electrons. The van der Waals surface area contributed by atoms with Crippen molar-refractivity contribution in [1.82, 2.24) is 9.97 Å². The fourth-order valence-electron chi connectivity index (χ4n) is 3.70. The monoisotopic (exact) mass is 525 g/mol. The fraction of sp³-hybridized carbons (Fsp3) is 0.154. The number of aliphatic hydroxyl groups is 2. The number of benzene rings is 3. The number of anilines is 2. The summed E-state index contributed by atoms with van der Waals surface area (Å²) in [5, 5.41) is 24.1. The van der Waals surface area contributed by atoms with Crippen molar-refractivity contribution in [3.05, 3.63) is 83.4 Å². The zero-order valence-corrected chi connectivity index (χ0v) is 20.4. The maximum atomic E-state index is 13.4. The third-order valence-corrected chi connectivity index (χ3v) is 6.79. The largest absolute Gasteiger partial charge is 0.487 e. The van der Waals surface area contributed by atoms with E-state index in [1.807, 2.05) is 18.2 Å². The molecule has 3 N–H and O–H groups in total. The zero-order chi connectivity index (χ0) is 25.1. The van der Waals surface area contributed by atoms with Gasteiger partial charge in [0.25, 0.3) is 0 Å². The van der Waals surface area contributed by atoms with Gasteiger partial charge in [-0.15, -0.1) is 11.3 Å². The van der Waals surface area contributed by atoms with Crippen molar-refractivity contribution in [3.63, 3.8) is 0 Å². The Morgan fingerprint density at radius 1 is 1.03 bits per heavy atom. The highest BCUT2D eigenvalue weighted by molar-refractivity contribution is 7.25. The number of fused-ring (bicyclic) bond motifs is 3. The first-order valence-corrected chi connectivity index (χ1v) is 12.2. The van der Waals surface area contributed by atoms with Crippen molar-refractivity contribution in [2.45, 2.75) is 12.7 Å². The van der Waals surface area contributed by atoms with Crippen LogP contribution in [0.15, 0.2) is 67.0 Å². The van der Waals surface area contributed by atoms with Gasteiger partial charge in [-0.25, -0.2) is 14.4 Å². The Balaban J connectivity index is 1.38. The van der Waals surface area contributed by atoms with Crippen LogP contribution in [0.5, 0.6) is 11.5 Å². The minimum atomic E-state index is -0.681. The maximum Gasteiger partial charge on any atom is 0.145 e. The second kappa shape index (κ2) is 10.6. The van der Waals surface area contributed by atoms with Crippen LogP contribution in [0, 0.1) is 5.82 Å². The molecule has 0 atom stereocenters. The third kappa shape index (κ3) is 5.19. The Labute approximate surface area is 214 Å². The van der Waals surface area contributed by atoms with Crippen LogP contribution < -0.4 is 14.8 Å². The minimum Gasteiger partial charge on any atom is -0.487 e. The van der Waals surface area contributed by atoms with Gasteiger partial charge in [-0.1, -0.05) is 23.7 Å². The molecule has 0 aliphatic rings. The molecule has 184 valence electrons. The summed E-state index contributed by atoms with van der Waals surface area (Å²) in [5.41, 5.74) is 1.42. The number of nitrogens with one attached hydrogen (secondary N) is 1. The summed E-state index contributed by atoms with van der Waals surface area (Å²) >= 11 is 7.93. The first-order valence-electron chi connectivity index (χ1n) is 11.0. The highest BCUT2D eigenvalue weighted by Gasteiger charge is 2.15. The minimum absolute atomic E-state index is 0.195. The molecule has 5 aromatic rings. The number of hydrogen-bond acceptors (Lipinski definition) is 8. The predicted octanol–water partition coefficient (Wildman–Crippen LogP) is 5.69. The molecule has 10 heteroatoms. The molecule has 0 saturated heterocycles. The molecular weight excluding hydrogens is 505 g/mol. The van der Waals surface area contributed by atoms with Crippen molar-refractivity contribution in [1.29, 1.82) is 0 Å². The molecule has 0 unspecified atom stereocenters. The Bertz CT molecular complexity index is 1530. The van der Waals surface area contributed by atoms with Crippen LogP contribution in [-0.2, 0) is 6.61 Å². The van der Waals surface area contributed by atoms with Crippen molar-refractivity contribution in [3.8, 4) is 11.5 Å². The van der Waals surface area contributed by atoms with Gasteiger partial charge in [0.2, 0.25) is 0 Å². The van der Waals surface area contributed by atoms with Crippen LogP contribution in [0.4, 0.5) is 15.9 Å². The van der Waals surface area contributed by atoms with Gasteiger partial charge in [0, 0.05) is 15.8 Å². The van der Waals surface area contributed by atoms with E-state index in [4.69, 9.17) is 21.1 Å². The lowest BCUT2D eigenvalue weighted by Crippen LogP contribution is -2.25. The number of hydrogen-bond donors (Lipinski definition) is 3. The lowest BCUT2D eigenvalue weighted by molar-refractivity contribution is 0.0630. The van der Waals surface area contributed by atoms with E-state index in [9.17, 15) is 14.6 Å². The molecule has 0 bridgehead atoms. The molecular formula is C26H21ClFN3O4S. The summed E-state index contributed by atoms with van der Waals surface area (Å²) < 4.78 is 25.7. The van der Waals surface area contributed by atoms with Crippen LogP contribution in [0.3, 0.4) is 0 Å². The van der Waals surface area contributed by atoms with E-state index in [0.29, 0.717) is 33.6 Å². The smallest absolute Gasteiger partial charge is 0.145 e. The molecule has 7 nitrogen and oxygen atoms in total. The molecule has 0 amide bonds. The second-order valence-electron chi connectivity index (χ2n) is 7.96. The topological polar surface area (TPSA) is 96.7 Å². The van der Waals surface area contributed by atoms with Gasteiger partial charge >= 0.3 is 0 Å².